The molecule has 1 saturated heterocycles. The highest BCUT2D eigenvalue weighted by Crippen LogP contribution is 2.22. The molecule has 0 atom stereocenters. The zero-order valence-corrected chi connectivity index (χ0v) is 12.5. The SMILES string of the molecule is CC(C)NC(=O)COC(=O)c1cccnc1N1CCCC1. The van der Waals surface area contributed by atoms with Crippen LogP contribution in [-0.2, 0) is 9.53 Å². The smallest absolute Gasteiger partial charge is 0.342 e. The van der Waals surface area contributed by atoms with Crippen LogP contribution in [0.2, 0.25) is 0 Å². The summed E-state index contributed by atoms with van der Waals surface area (Å²) in [6.45, 7) is 5.22. The monoisotopic (exact) mass is 291 g/mol. The molecule has 0 saturated carbocycles. The normalized spacial score (nSPS) is 14.3. The van der Waals surface area contributed by atoms with Crippen LogP contribution in [0.1, 0.15) is 37.0 Å². The van der Waals surface area contributed by atoms with Crippen LogP contribution in [0.4, 0.5) is 5.82 Å². The van der Waals surface area contributed by atoms with Crippen molar-refractivity contribution in [3.63, 3.8) is 0 Å². The molecule has 1 aliphatic heterocycles. The van der Waals surface area contributed by atoms with E-state index >= 15 is 0 Å². The predicted octanol–water partition coefficient (Wildman–Crippen LogP) is 1.36. The minimum atomic E-state index is -0.510. The maximum absolute atomic E-state index is 12.1. The van der Waals surface area contributed by atoms with Gasteiger partial charge in [0, 0.05) is 25.3 Å². The first kappa shape index (κ1) is 15.3. The molecule has 6 heteroatoms. The van der Waals surface area contributed by atoms with Gasteiger partial charge in [0.2, 0.25) is 0 Å². The quantitative estimate of drug-likeness (QED) is 0.829. The molecule has 6 nitrogen and oxygen atoms in total. The van der Waals surface area contributed by atoms with Crippen molar-refractivity contribution in [2.45, 2.75) is 32.7 Å². The number of hydrogen-bond acceptors (Lipinski definition) is 5. The van der Waals surface area contributed by atoms with E-state index in [-0.39, 0.29) is 18.6 Å². The van der Waals surface area contributed by atoms with Gasteiger partial charge in [0.1, 0.15) is 11.4 Å². The third kappa shape index (κ3) is 4.18. The third-order valence-corrected chi connectivity index (χ3v) is 3.20. The lowest BCUT2D eigenvalue weighted by Crippen LogP contribution is -2.34. The molecule has 0 radical (unpaired) electrons. The molecule has 2 rings (SSSR count). The lowest BCUT2D eigenvalue weighted by atomic mass is 10.2. The Kier molecular flexibility index (Phi) is 5.14. The van der Waals surface area contributed by atoms with Crippen molar-refractivity contribution in [3.8, 4) is 0 Å². The van der Waals surface area contributed by atoms with E-state index in [0.717, 1.165) is 25.9 Å². The fourth-order valence-electron chi connectivity index (χ4n) is 2.31. The Bertz CT molecular complexity index is 511. The average Bonchev–Trinajstić information content (AvgIpc) is 2.98. The molecule has 1 aliphatic rings. The molecule has 1 aromatic rings. The number of rotatable bonds is 5. The maximum Gasteiger partial charge on any atom is 0.342 e. The van der Waals surface area contributed by atoms with Crippen LogP contribution in [0.25, 0.3) is 0 Å². The van der Waals surface area contributed by atoms with Crippen molar-refractivity contribution in [3.05, 3.63) is 23.9 Å². The summed E-state index contributed by atoms with van der Waals surface area (Å²) >= 11 is 0. The Morgan fingerprint density at radius 2 is 2.10 bits per heavy atom. The van der Waals surface area contributed by atoms with Gasteiger partial charge in [-0.15, -0.1) is 0 Å². The van der Waals surface area contributed by atoms with E-state index in [0.29, 0.717) is 11.4 Å². The summed E-state index contributed by atoms with van der Waals surface area (Å²) in [5, 5.41) is 2.68. The highest BCUT2D eigenvalue weighted by Gasteiger charge is 2.21. The number of amides is 1. The van der Waals surface area contributed by atoms with Crippen LogP contribution >= 0.6 is 0 Å². The first-order valence-electron chi connectivity index (χ1n) is 7.24. The van der Waals surface area contributed by atoms with Gasteiger partial charge >= 0.3 is 5.97 Å². The predicted molar refractivity (Wildman–Crippen MR) is 79.2 cm³/mol. The largest absolute Gasteiger partial charge is 0.452 e. The summed E-state index contributed by atoms with van der Waals surface area (Å²) in [6, 6.07) is 3.41. The number of carbonyl (C=O) groups excluding carboxylic acids is 2. The molecule has 0 bridgehead atoms. The van der Waals surface area contributed by atoms with Gasteiger partial charge in [0.15, 0.2) is 6.61 Å². The molecular formula is C15H21N3O3. The van der Waals surface area contributed by atoms with Crippen LogP contribution < -0.4 is 10.2 Å². The minimum absolute atomic E-state index is 0.0229. The molecular weight excluding hydrogens is 270 g/mol. The Balaban J connectivity index is 2.00. The number of anilines is 1. The van der Waals surface area contributed by atoms with Crippen molar-refractivity contribution < 1.29 is 14.3 Å². The molecule has 1 N–H and O–H groups in total. The van der Waals surface area contributed by atoms with E-state index in [1.807, 2.05) is 13.8 Å². The molecule has 114 valence electrons. The zero-order chi connectivity index (χ0) is 15.2. The molecule has 1 fully saturated rings. The maximum atomic E-state index is 12.1. The molecule has 0 spiro atoms. The molecule has 21 heavy (non-hydrogen) atoms. The van der Waals surface area contributed by atoms with Crippen molar-refractivity contribution in [1.82, 2.24) is 10.3 Å². The van der Waals surface area contributed by atoms with Crippen molar-refractivity contribution in [2.24, 2.45) is 0 Å². The Hall–Kier alpha value is -2.11. The number of carbonyl (C=O) groups is 2. The van der Waals surface area contributed by atoms with Crippen molar-refractivity contribution >= 4 is 17.7 Å². The average molecular weight is 291 g/mol. The Morgan fingerprint density at radius 1 is 1.38 bits per heavy atom. The van der Waals surface area contributed by atoms with E-state index in [2.05, 4.69) is 15.2 Å². The summed E-state index contributed by atoms with van der Waals surface area (Å²) in [7, 11) is 0. The van der Waals surface area contributed by atoms with Gasteiger partial charge in [-0.3, -0.25) is 4.79 Å². The number of hydrogen-bond donors (Lipinski definition) is 1. The third-order valence-electron chi connectivity index (χ3n) is 3.20. The molecule has 2 heterocycles. The summed E-state index contributed by atoms with van der Waals surface area (Å²) in [4.78, 5) is 30.0. The first-order chi connectivity index (χ1) is 10.1. The van der Waals surface area contributed by atoms with Gasteiger partial charge < -0.3 is 15.0 Å². The number of nitrogens with zero attached hydrogens (tertiary/aromatic N) is 2. The van der Waals surface area contributed by atoms with Crippen LogP contribution in [0.15, 0.2) is 18.3 Å². The molecule has 1 aromatic heterocycles. The Labute approximate surface area is 124 Å². The number of esters is 1. The van der Waals surface area contributed by atoms with Gasteiger partial charge in [-0.05, 0) is 38.8 Å². The van der Waals surface area contributed by atoms with Crippen LogP contribution in [0.5, 0.6) is 0 Å². The fraction of sp³-hybridized carbons (Fsp3) is 0.533. The first-order valence-corrected chi connectivity index (χ1v) is 7.24. The zero-order valence-electron chi connectivity index (χ0n) is 12.5. The summed E-state index contributed by atoms with van der Waals surface area (Å²) in [6.07, 6.45) is 3.86. The van der Waals surface area contributed by atoms with E-state index in [1.165, 1.54) is 0 Å². The standard InChI is InChI=1S/C15H21N3O3/c1-11(2)17-13(19)10-21-15(20)12-6-5-7-16-14(12)18-8-3-4-9-18/h5-7,11H,3-4,8-10H2,1-2H3,(H,17,19). The van der Waals surface area contributed by atoms with Gasteiger partial charge in [-0.25, -0.2) is 9.78 Å². The lowest BCUT2D eigenvalue weighted by Gasteiger charge is -2.19. The van der Waals surface area contributed by atoms with E-state index in [1.54, 1.807) is 18.3 Å². The minimum Gasteiger partial charge on any atom is -0.452 e. The van der Waals surface area contributed by atoms with Crippen LogP contribution in [-0.4, -0.2) is 42.6 Å². The number of ether oxygens (including phenoxy) is 1. The topological polar surface area (TPSA) is 71.5 Å². The van der Waals surface area contributed by atoms with Crippen LogP contribution in [0, 0.1) is 0 Å². The van der Waals surface area contributed by atoms with Crippen molar-refractivity contribution in [1.29, 1.82) is 0 Å². The number of pyridine rings is 1. The number of nitrogens with one attached hydrogen (secondary N) is 1. The molecule has 0 unspecified atom stereocenters. The van der Waals surface area contributed by atoms with E-state index < -0.39 is 5.97 Å². The van der Waals surface area contributed by atoms with E-state index in [4.69, 9.17) is 4.74 Å². The van der Waals surface area contributed by atoms with Crippen LogP contribution in [0.3, 0.4) is 0 Å². The van der Waals surface area contributed by atoms with Crippen molar-refractivity contribution in [2.75, 3.05) is 24.6 Å². The lowest BCUT2D eigenvalue weighted by molar-refractivity contribution is -0.124. The van der Waals surface area contributed by atoms with Gasteiger partial charge in [0.05, 0.1) is 0 Å². The second kappa shape index (κ2) is 7.06. The van der Waals surface area contributed by atoms with Gasteiger partial charge in [-0.1, -0.05) is 0 Å². The number of aromatic nitrogens is 1. The molecule has 0 aliphatic carbocycles. The van der Waals surface area contributed by atoms with Gasteiger partial charge in [0.25, 0.3) is 5.91 Å². The van der Waals surface area contributed by atoms with Gasteiger partial charge in [-0.2, -0.15) is 0 Å². The highest BCUT2D eigenvalue weighted by atomic mass is 16.5. The highest BCUT2D eigenvalue weighted by molar-refractivity contribution is 5.96. The summed E-state index contributed by atoms with van der Waals surface area (Å²) in [5.74, 6) is -0.168. The van der Waals surface area contributed by atoms with E-state index in [9.17, 15) is 9.59 Å². The fourth-order valence-corrected chi connectivity index (χ4v) is 2.31. The second-order valence-corrected chi connectivity index (χ2v) is 5.37. The second-order valence-electron chi connectivity index (χ2n) is 5.37. The summed E-state index contributed by atoms with van der Waals surface area (Å²) in [5.41, 5.74) is 0.414. The molecule has 0 aromatic carbocycles. The summed E-state index contributed by atoms with van der Waals surface area (Å²) < 4.78 is 5.07. The molecule has 1 amide bonds. The Morgan fingerprint density at radius 3 is 2.76 bits per heavy atom.